The number of carbonyl (C=O) groups is 1. The van der Waals surface area contributed by atoms with Crippen molar-refractivity contribution >= 4 is 23.4 Å². The van der Waals surface area contributed by atoms with Crippen molar-refractivity contribution in [1.82, 2.24) is 15.6 Å². The standard InChI is InChI=1S/C11H20N4OS/c1-9-10(16)12-11(17-2,14-13-9)15-7-5-3-4-6-8-15/h14H,3-8H2,1-2H3,(H,12,16)/t11-/m0/s1. The van der Waals surface area contributed by atoms with Crippen LogP contribution in [-0.4, -0.2) is 41.0 Å². The maximum Gasteiger partial charge on any atom is 0.270 e. The normalized spacial score (nSPS) is 31.2. The van der Waals surface area contributed by atoms with E-state index < -0.39 is 5.12 Å². The number of hydrogen-bond acceptors (Lipinski definition) is 5. The summed E-state index contributed by atoms with van der Waals surface area (Å²) in [5.41, 5.74) is 3.60. The van der Waals surface area contributed by atoms with Crippen LogP contribution in [-0.2, 0) is 4.79 Å². The number of nitrogens with one attached hydrogen (secondary N) is 2. The molecule has 0 unspecified atom stereocenters. The van der Waals surface area contributed by atoms with Gasteiger partial charge in [-0.3, -0.25) is 15.1 Å². The van der Waals surface area contributed by atoms with Crippen molar-refractivity contribution in [2.45, 2.75) is 37.7 Å². The number of carbonyl (C=O) groups excluding carboxylic acids is 1. The van der Waals surface area contributed by atoms with Crippen LogP contribution < -0.4 is 10.7 Å². The first-order valence-electron chi connectivity index (χ1n) is 6.12. The second-order valence-corrected chi connectivity index (χ2v) is 5.51. The number of thioether (sulfide) groups is 1. The predicted octanol–water partition coefficient (Wildman–Crippen LogP) is 0.932. The van der Waals surface area contributed by atoms with E-state index in [2.05, 4.69) is 20.7 Å². The molecule has 0 aromatic carbocycles. The zero-order valence-corrected chi connectivity index (χ0v) is 11.3. The minimum Gasteiger partial charge on any atom is -0.306 e. The second kappa shape index (κ2) is 5.27. The van der Waals surface area contributed by atoms with Gasteiger partial charge in [-0.25, -0.2) is 0 Å². The average molecular weight is 256 g/mol. The molecular weight excluding hydrogens is 236 g/mol. The highest BCUT2D eigenvalue weighted by molar-refractivity contribution is 7.99. The molecule has 0 bridgehead atoms. The van der Waals surface area contributed by atoms with Crippen LogP contribution in [0.15, 0.2) is 5.10 Å². The van der Waals surface area contributed by atoms with Crippen molar-refractivity contribution in [3.8, 4) is 0 Å². The van der Waals surface area contributed by atoms with E-state index in [0.29, 0.717) is 5.71 Å². The van der Waals surface area contributed by atoms with E-state index in [1.54, 1.807) is 18.7 Å². The van der Waals surface area contributed by atoms with Crippen molar-refractivity contribution < 1.29 is 4.79 Å². The Morgan fingerprint density at radius 1 is 1.29 bits per heavy atom. The van der Waals surface area contributed by atoms with Crippen LogP contribution in [0.2, 0.25) is 0 Å². The lowest BCUT2D eigenvalue weighted by atomic mass is 10.2. The molecule has 2 rings (SSSR count). The first kappa shape index (κ1) is 12.7. The largest absolute Gasteiger partial charge is 0.306 e. The average Bonchev–Trinajstić information content (AvgIpc) is 2.62. The predicted molar refractivity (Wildman–Crippen MR) is 70.7 cm³/mol. The molecule has 5 nitrogen and oxygen atoms in total. The number of hydrogen-bond donors (Lipinski definition) is 2. The van der Waals surface area contributed by atoms with Gasteiger partial charge in [-0.1, -0.05) is 24.6 Å². The highest BCUT2D eigenvalue weighted by Gasteiger charge is 2.40. The molecule has 0 radical (unpaired) electrons. The van der Waals surface area contributed by atoms with E-state index in [-0.39, 0.29) is 5.91 Å². The molecule has 0 aliphatic carbocycles. The Kier molecular flexibility index (Phi) is 3.93. The molecule has 1 fully saturated rings. The van der Waals surface area contributed by atoms with Gasteiger partial charge in [0, 0.05) is 13.1 Å². The quantitative estimate of drug-likeness (QED) is 0.772. The summed E-state index contributed by atoms with van der Waals surface area (Å²) in [6.07, 6.45) is 6.91. The fourth-order valence-electron chi connectivity index (χ4n) is 2.24. The Bertz CT molecular complexity index is 325. The van der Waals surface area contributed by atoms with Crippen LogP contribution in [0.5, 0.6) is 0 Å². The van der Waals surface area contributed by atoms with Gasteiger partial charge in [-0.05, 0) is 26.0 Å². The summed E-state index contributed by atoms with van der Waals surface area (Å²) >= 11 is 1.59. The van der Waals surface area contributed by atoms with Gasteiger partial charge >= 0.3 is 0 Å². The van der Waals surface area contributed by atoms with Gasteiger partial charge in [0.15, 0.2) is 0 Å². The van der Waals surface area contributed by atoms with Crippen LogP contribution in [0.3, 0.4) is 0 Å². The third-order valence-corrected chi connectivity index (χ3v) is 4.38. The molecule has 96 valence electrons. The van der Waals surface area contributed by atoms with Crippen molar-refractivity contribution in [2.24, 2.45) is 5.10 Å². The zero-order valence-electron chi connectivity index (χ0n) is 10.5. The molecule has 0 aromatic rings. The van der Waals surface area contributed by atoms with Gasteiger partial charge in [-0.2, -0.15) is 5.10 Å². The molecular formula is C11H20N4OS. The Labute approximate surface area is 106 Å². The van der Waals surface area contributed by atoms with Gasteiger partial charge in [0.05, 0.1) is 0 Å². The summed E-state index contributed by atoms with van der Waals surface area (Å²) in [7, 11) is 0. The van der Waals surface area contributed by atoms with Crippen LogP contribution in [0.25, 0.3) is 0 Å². The molecule has 1 saturated heterocycles. The van der Waals surface area contributed by atoms with Crippen molar-refractivity contribution in [3.63, 3.8) is 0 Å². The van der Waals surface area contributed by atoms with Gasteiger partial charge in [0.1, 0.15) is 5.71 Å². The SMILES string of the molecule is CS[C@]1(N2CCCCCC2)NN=C(C)C(=O)N1. The summed E-state index contributed by atoms with van der Waals surface area (Å²) in [5, 5.41) is 6.61. The highest BCUT2D eigenvalue weighted by atomic mass is 32.2. The zero-order chi connectivity index (χ0) is 12.3. The monoisotopic (exact) mass is 256 g/mol. The Balaban J connectivity index is 2.16. The minimum atomic E-state index is -0.555. The van der Waals surface area contributed by atoms with E-state index in [4.69, 9.17) is 0 Å². The molecule has 1 amide bonds. The maximum absolute atomic E-state index is 11.8. The first-order chi connectivity index (χ1) is 8.18. The number of amides is 1. The topological polar surface area (TPSA) is 56.7 Å². The number of hydrazone groups is 1. The highest BCUT2D eigenvalue weighted by Crippen LogP contribution is 2.26. The maximum atomic E-state index is 11.8. The summed E-state index contributed by atoms with van der Waals surface area (Å²) < 4.78 is 0. The number of nitrogens with zero attached hydrogens (tertiary/aromatic N) is 2. The first-order valence-corrected chi connectivity index (χ1v) is 7.34. The van der Waals surface area contributed by atoms with Crippen molar-refractivity contribution in [3.05, 3.63) is 0 Å². The molecule has 1 atom stereocenters. The van der Waals surface area contributed by atoms with Gasteiger partial charge in [0.2, 0.25) is 5.12 Å². The number of rotatable bonds is 2. The van der Waals surface area contributed by atoms with Crippen LogP contribution in [0, 0.1) is 0 Å². The molecule has 6 heteroatoms. The number of likely N-dealkylation sites (tertiary alicyclic amines) is 1. The summed E-state index contributed by atoms with van der Waals surface area (Å²) in [6.45, 7) is 3.72. The van der Waals surface area contributed by atoms with E-state index in [1.165, 1.54) is 25.7 Å². The molecule has 2 aliphatic heterocycles. The second-order valence-electron chi connectivity index (χ2n) is 4.51. The minimum absolute atomic E-state index is 0.0812. The lowest BCUT2D eigenvalue weighted by Gasteiger charge is -2.43. The van der Waals surface area contributed by atoms with E-state index in [9.17, 15) is 4.79 Å². The van der Waals surface area contributed by atoms with E-state index in [1.807, 2.05) is 6.26 Å². The molecule has 2 N–H and O–H groups in total. The molecule has 0 spiro atoms. The van der Waals surface area contributed by atoms with Gasteiger partial charge < -0.3 is 5.32 Å². The van der Waals surface area contributed by atoms with Crippen LogP contribution in [0.1, 0.15) is 32.6 Å². The molecule has 2 aliphatic rings. The fraction of sp³-hybridized carbons (Fsp3) is 0.818. The van der Waals surface area contributed by atoms with Crippen LogP contribution in [0.4, 0.5) is 0 Å². The summed E-state index contributed by atoms with van der Waals surface area (Å²) in [6, 6.07) is 0. The molecule has 0 saturated carbocycles. The third-order valence-electron chi connectivity index (χ3n) is 3.33. The van der Waals surface area contributed by atoms with Crippen molar-refractivity contribution in [1.29, 1.82) is 0 Å². The van der Waals surface area contributed by atoms with Gasteiger partial charge in [0.25, 0.3) is 5.91 Å². The molecule has 0 aromatic heterocycles. The summed E-state index contributed by atoms with van der Waals surface area (Å²) in [5.74, 6) is -0.0812. The van der Waals surface area contributed by atoms with E-state index >= 15 is 0 Å². The van der Waals surface area contributed by atoms with Gasteiger partial charge in [-0.15, -0.1) is 0 Å². The van der Waals surface area contributed by atoms with Crippen LogP contribution >= 0.6 is 11.8 Å². The summed E-state index contributed by atoms with van der Waals surface area (Å²) in [4.78, 5) is 14.1. The lowest BCUT2D eigenvalue weighted by Crippen LogP contribution is -2.68. The van der Waals surface area contributed by atoms with Crippen molar-refractivity contribution in [2.75, 3.05) is 19.3 Å². The Morgan fingerprint density at radius 3 is 2.47 bits per heavy atom. The van der Waals surface area contributed by atoms with E-state index in [0.717, 1.165) is 13.1 Å². The molecule has 2 heterocycles. The fourth-order valence-corrected chi connectivity index (χ4v) is 3.02. The Morgan fingerprint density at radius 2 is 1.94 bits per heavy atom. The Hall–Kier alpha value is -0.750. The lowest BCUT2D eigenvalue weighted by molar-refractivity contribution is -0.118. The third kappa shape index (κ3) is 2.57. The smallest absolute Gasteiger partial charge is 0.270 e. The molecule has 17 heavy (non-hydrogen) atoms.